The smallest absolute Gasteiger partial charge is 0.414 e. The molecule has 0 aromatic heterocycles. The van der Waals surface area contributed by atoms with Gasteiger partial charge in [-0.2, -0.15) is 0 Å². The van der Waals surface area contributed by atoms with Gasteiger partial charge in [0.1, 0.15) is 11.9 Å². The molecule has 1 N–H and O–H groups in total. The topological polar surface area (TPSA) is 75.7 Å². The molecule has 1 aromatic carbocycles. The van der Waals surface area contributed by atoms with E-state index in [0.717, 1.165) is 12.8 Å². The van der Waals surface area contributed by atoms with Gasteiger partial charge in [-0.05, 0) is 48.3 Å². The molecule has 2 heterocycles. The Labute approximate surface area is 158 Å². The number of nitrogens with one attached hydrogen (secondary N) is 1. The van der Waals surface area contributed by atoms with E-state index in [2.05, 4.69) is 5.32 Å². The molecule has 0 radical (unpaired) electrons. The fourth-order valence-electron chi connectivity index (χ4n) is 4.36. The van der Waals surface area contributed by atoms with E-state index in [4.69, 9.17) is 4.74 Å². The van der Waals surface area contributed by atoms with Crippen LogP contribution >= 0.6 is 0 Å². The minimum absolute atomic E-state index is 0.0100. The van der Waals surface area contributed by atoms with Gasteiger partial charge in [-0.3, -0.25) is 13.9 Å². The van der Waals surface area contributed by atoms with E-state index < -0.39 is 23.0 Å². The van der Waals surface area contributed by atoms with Crippen molar-refractivity contribution in [1.82, 2.24) is 5.32 Å². The Morgan fingerprint density at radius 3 is 2.70 bits per heavy atom. The first-order chi connectivity index (χ1) is 13.0. The number of hydrogen-bond acceptors (Lipinski definition) is 4. The first kappa shape index (κ1) is 17.2. The van der Waals surface area contributed by atoms with Crippen molar-refractivity contribution >= 4 is 28.5 Å². The number of anilines is 1. The Bertz CT molecular complexity index is 829. The zero-order valence-electron chi connectivity index (χ0n) is 14.7. The molecule has 2 saturated carbocycles. The van der Waals surface area contributed by atoms with E-state index in [1.165, 1.54) is 11.0 Å². The monoisotopic (exact) mass is 392 g/mol. The maximum atomic E-state index is 14.7. The maximum Gasteiger partial charge on any atom is 0.414 e. The van der Waals surface area contributed by atoms with Crippen molar-refractivity contribution in [1.29, 1.82) is 0 Å². The summed E-state index contributed by atoms with van der Waals surface area (Å²) in [7, 11) is -0.746. The van der Waals surface area contributed by atoms with Gasteiger partial charge >= 0.3 is 6.09 Å². The van der Waals surface area contributed by atoms with Crippen LogP contribution in [0.5, 0.6) is 0 Å². The fraction of sp³-hybridized carbons (Fsp3) is 0.579. The van der Waals surface area contributed by atoms with Crippen molar-refractivity contribution in [2.75, 3.05) is 29.5 Å². The van der Waals surface area contributed by atoms with Crippen LogP contribution in [0.1, 0.15) is 24.3 Å². The van der Waals surface area contributed by atoms with Crippen LogP contribution < -0.4 is 10.2 Å². The number of ether oxygens (including phenoxy) is 1. The third-order valence-electron chi connectivity index (χ3n) is 6.07. The number of nitrogens with zero attached hydrogens (tertiary/aromatic N) is 1. The van der Waals surface area contributed by atoms with Crippen LogP contribution in [0.2, 0.25) is 0 Å². The molecule has 5 atom stereocenters. The Hall–Kier alpha value is -1.96. The quantitative estimate of drug-likeness (QED) is 0.829. The molecule has 2 aliphatic heterocycles. The highest BCUT2D eigenvalue weighted by atomic mass is 32.2. The lowest BCUT2D eigenvalue weighted by Crippen LogP contribution is -2.35. The summed E-state index contributed by atoms with van der Waals surface area (Å²) in [5.41, 5.74) is 1.12. The van der Waals surface area contributed by atoms with Gasteiger partial charge in [0.15, 0.2) is 0 Å². The standard InChI is InChI=1S/C19H21FN2O4S/c20-16-5-11(3-4-13(16)17-14-8-27(25)9-15(14)17)22-7-12(26-19(22)24)6-21-18(23)10-1-2-10/h3-5,10,12,14-15,17H,1-2,6-9H2,(H,21,23)/t12-,14-,15+,17?,27?/m0/s1. The van der Waals surface area contributed by atoms with E-state index in [1.807, 2.05) is 0 Å². The molecule has 6 nitrogen and oxygen atoms in total. The normalized spacial score (nSPS) is 34.3. The number of hydrogen-bond donors (Lipinski definition) is 1. The Morgan fingerprint density at radius 2 is 2.04 bits per heavy atom. The predicted octanol–water partition coefficient (Wildman–Crippen LogP) is 1.77. The van der Waals surface area contributed by atoms with Gasteiger partial charge < -0.3 is 10.1 Å². The molecule has 144 valence electrons. The molecule has 2 amide bonds. The van der Waals surface area contributed by atoms with E-state index in [1.54, 1.807) is 12.1 Å². The van der Waals surface area contributed by atoms with Gasteiger partial charge in [0.25, 0.3) is 0 Å². The minimum atomic E-state index is -0.746. The largest absolute Gasteiger partial charge is 0.442 e. The second-order valence-electron chi connectivity index (χ2n) is 7.97. The van der Waals surface area contributed by atoms with Crippen LogP contribution in [0.4, 0.5) is 14.9 Å². The molecule has 4 aliphatic rings. The number of fused-ring (bicyclic) bond motifs is 1. The third-order valence-corrected chi connectivity index (χ3v) is 7.58. The SMILES string of the molecule is O=C(NC[C@H]1CN(c2ccc(C3[C@H]4CS(=O)C[C@@H]34)c(F)c2)C(=O)O1)C1CC1. The third kappa shape index (κ3) is 3.13. The summed E-state index contributed by atoms with van der Waals surface area (Å²) in [6.07, 6.45) is 0.895. The molecule has 2 aliphatic carbocycles. The molecule has 0 spiro atoms. The summed E-state index contributed by atoms with van der Waals surface area (Å²) in [6, 6.07) is 4.87. The van der Waals surface area contributed by atoms with Crippen molar-refractivity contribution in [3.63, 3.8) is 0 Å². The van der Waals surface area contributed by atoms with Crippen molar-refractivity contribution < 1.29 is 22.9 Å². The summed E-state index contributed by atoms with van der Waals surface area (Å²) in [4.78, 5) is 25.3. The van der Waals surface area contributed by atoms with E-state index >= 15 is 0 Å². The lowest BCUT2D eigenvalue weighted by Gasteiger charge is -2.15. The number of cyclic esters (lactones) is 1. The molecule has 8 heteroatoms. The number of carbonyl (C=O) groups excluding carboxylic acids is 2. The average Bonchev–Trinajstić information content (AvgIpc) is 3.52. The van der Waals surface area contributed by atoms with Crippen LogP contribution in [-0.2, 0) is 20.3 Å². The fourth-order valence-corrected chi connectivity index (χ4v) is 6.26. The second-order valence-corrected chi connectivity index (χ2v) is 9.51. The molecule has 2 unspecified atom stereocenters. The van der Waals surface area contributed by atoms with Crippen LogP contribution in [0.25, 0.3) is 0 Å². The molecule has 27 heavy (non-hydrogen) atoms. The molecule has 0 bridgehead atoms. The number of amides is 2. The molecule has 4 fully saturated rings. The Kier molecular flexibility index (Phi) is 4.00. The lowest BCUT2D eigenvalue weighted by atomic mass is 10.1. The van der Waals surface area contributed by atoms with Crippen molar-refractivity contribution in [3.8, 4) is 0 Å². The summed E-state index contributed by atoms with van der Waals surface area (Å²) >= 11 is 0. The summed E-state index contributed by atoms with van der Waals surface area (Å²) in [5.74, 6) is 1.97. The van der Waals surface area contributed by atoms with E-state index in [-0.39, 0.29) is 36.6 Å². The molecule has 5 rings (SSSR count). The first-order valence-corrected chi connectivity index (χ1v) is 10.9. The van der Waals surface area contributed by atoms with Crippen LogP contribution in [0.3, 0.4) is 0 Å². The van der Waals surface area contributed by atoms with Crippen molar-refractivity contribution in [2.24, 2.45) is 17.8 Å². The summed E-state index contributed by atoms with van der Waals surface area (Å²) in [6.45, 7) is 0.566. The second kappa shape index (κ2) is 6.29. The van der Waals surface area contributed by atoms with Crippen LogP contribution in [-0.4, -0.2) is 46.9 Å². The van der Waals surface area contributed by atoms with E-state index in [9.17, 15) is 18.2 Å². The van der Waals surface area contributed by atoms with Crippen molar-refractivity contribution in [2.45, 2.75) is 24.9 Å². The molecule has 2 saturated heterocycles. The van der Waals surface area contributed by atoms with Crippen LogP contribution in [0.15, 0.2) is 18.2 Å². The number of benzene rings is 1. The van der Waals surface area contributed by atoms with Crippen LogP contribution in [0, 0.1) is 23.6 Å². The lowest BCUT2D eigenvalue weighted by molar-refractivity contribution is -0.122. The number of halogens is 1. The summed E-state index contributed by atoms with van der Waals surface area (Å²) in [5, 5.41) is 2.81. The maximum absolute atomic E-state index is 14.7. The van der Waals surface area contributed by atoms with Gasteiger partial charge in [0.2, 0.25) is 5.91 Å². The van der Waals surface area contributed by atoms with Gasteiger partial charge in [0, 0.05) is 28.2 Å². The first-order valence-electron chi connectivity index (χ1n) is 9.41. The van der Waals surface area contributed by atoms with Crippen molar-refractivity contribution in [3.05, 3.63) is 29.6 Å². The van der Waals surface area contributed by atoms with Gasteiger partial charge in [-0.15, -0.1) is 0 Å². The zero-order valence-corrected chi connectivity index (χ0v) is 15.5. The van der Waals surface area contributed by atoms with Gasteiger partial charge in [-0.1, -0.05) is 6.07 Å². The van der Waals surface area contributed by atoms with Gasteiger partial charge in [-0.25, -0.2) is 9.18 Å². The molecule has 1 aromatic rings. The minimum Gasteiger partial charge on any atom is -0.442 e. The predicted molar refractivity (Wildman–Crippen MR) is 97.3 cm³/mol. The zero-order chi connectivity index (χ0) is 18.7. The molecular weight excluding hydrogens is 371 g/mol. The average molecular weight is 392 g/mol. The van der Waals surface area contributed by atoms with Gasteiger partial charge in [0.05, 0.1) is 18.8 Å². The summed E-state index contributed by atoms with van der Waals surface area (Å²) < 4.78 is 31.5. The Morgan fingerprint density at radius 1 is 1.30 bits per heavy atom. The number of rotatable bonds is 5. The highest BCUT2D eigenvalue weighted by Crippen LogP contribution is 2.58. The highest BCUT2D eigenvalue weighted by Gasteiger charge is 2.57. The number of carbonyl (C=O) groups is 2. The Balaban J connectivity index is 1.23. The van der Waals surface area contributed by atoms with E-state index in [0.29, 0.717) is 34.6 Å². The highest BCUT2D eigenvalue weighted by molar-refractivity contribution is 7.85. The molecular formula is C19H21FN2O4S.